The Morgan fingerprint density at radius 2 is 2.20 bits per heavy atom. The Morgan fingerprint density at radius 3 is 2.95 bits per heavy atom. The molecule has 1 aromatic heterocycles. The van der Waals surface area contributed by atoms with E-state index in [1.54, 1.807) is 6.07 Å². The van der Waals surface area contributed by atoms with Gasteiger partial charge in [-0.1, -0.05) is 36.1 Å². The summed E-state index contributed by atoms with van der Waals surface area (Å²) in [5, 5.41) is 4.73. The first-order chi connectivity index (χ1) is 9.70. The minimum atomic E-state index is -0.0784. The molecule has 1 heterocycles. The molecule has 3 N–H and O–H groups in total. The largest absolute Gasteiger partial charge is 0.348 e. The predicted molar refractivity (Wildman–Crippen MR) is 82.6 cm³/mol. The molecule has 0 saturated heterocycles. The molecule has 0 unspecified atom stereocenters. The van der Waals surface area contributed by atoms with Crippen molar-refractivity contribution in [2.45, 2.75) is 13.5 Å². The van der Waals surface area contributed by atoms with Crippen LogP contribution in [-0.4, -0.2) is 12.5 Å². The maximum absolute atomic E-state index is 12.0. The second kappa shape index (κ2) is 6.90. The van der Waals surface area contributed by atoms with Gasteiger partial charge in [-0.25, -0.2) is 0 Å². The van der Waals surface area contributed by atoms with E-state index in [9.17, 15) is 4.79 Å². The number of nitrogens with one attached hydrogen (secondary N) is 1. The number of hydrogen-bond donors (Lipinski definition) is 2. The van der Waals surface area contributed by atoms with Crippen molar-refractivity contribution in [3.05, 3.63) is 57.3 Å². The van der Waals surface area contributed by atoms with E-state index in [0.717, 1.165) is 10.4 Å². The molecule has 0 fully saturated rings. The molecule has 1 aromatic carbocycles. The molecule has 3 nitrogen and oxygen atoms in total. The maximum Gasteiger partial charge on any atom is 0.252 e. The molecule has 0 aliphatic rings. The molecule has 0 aliphatic heterocycles. The van der Waals surface area contributed by atoms with Crippen LogP contribution in [-0.2, 0) is 6.54 Å². The zero-order valence-electron chi connectivity index (χ0n) is 11.3. The van der Waals surface area contributed by atoms with Crippen LogP contribution >= 0.6 is 11.3 Å². The highest BCUT2D eigenvalue weighted by Gasteiger charge is 2.08. The standard InChI is InChI=1S/C16H16N2OS/c1-12-5-2-3-6-13(12)10-18-16(19)14-9-15(20-11-14)7-4-8-17/h2-3,5-6,9,11H,8,10,17H2,1H3,(H,18,19). The summed E-state index contributed by atoms with van der Waals surface area (Å²) < 4.78 is 0. The van der Waals surface area contributed by atoms with Gasteiger partial charge in [0, 0.05) is 11.9 Å². The Bertz CT molecular complexity index is 664. The first-order valence-electron chi connectivity index (χ1n) is 6.31. The number of amides is 1. The number of carbonyl (C=O) groups excluding carboxylic acids is 1. The summed E-state index contributed by atoms with van der Waals surface area (Å²) in [6.07, 6.45) is 0. The fourth-order valence-corrected chi connectivity index (χ4v) is 2.50. The molecule has 0 atom stereocenters. The van der Waals surface area contributed by atoms with Crippen LogP contribution in [0.1, 0.15) is 26.4 Å². The van der Waals surface area contributed by atoms with Crippen molar-refractivity contribution in [2.75, 3.05) is 6.54 Å². The third-order valence-corrected chi connectivity index (χ3v) is 3.72. The minimum Gasteiger partial charge on any atom is -0.348 e. The summed E-state index contributed by atoms with van der Waals surface area (Å²) in [6, 6.07) is 9.80. The van der Waals surface area contributed by atoms with E-state index in [-0.39, 0.29) is 5.91 Å². The van der Waals surface area contributed by atoms with Crippen LogP contribution in [0.15, 0.2) is 35.7 Å². The van der Waals surface area contributed by atoms with Crippen molar-refractivity contribution in [3.8, 4) is 11.8 Å². The van der Waals surface area contributed by atoms with E-state index >= 15 is 0 Å². The first kappa shape index (κ1) is 14.3. The molecule has 2 aromatic rings. The van der Waals surface area contributed by atoms with Gasteiger partial charge in [0.1, 0.15) is 0 Å². The third kappa shape index (κ3) is 3.70. The van der Waals surface area contributed by atoms with Gasteiger partial charge in [0.05, 0.1) is 17.0 Å². The molecule has 1 amide bonds. The summed E-state index contributed by atoms with van der Waals surface area (Å²) in [4.78, 5) is 12.9. The van der Waals surface area contributed by atoms with Crippen LogP contribution in [0, 0.1) is 18.8 Å². The molecule has 0 saturated carbocycles. The highest BCUT2D eigenvalue weighted by atomic mass is 32.1. The third-order valence-electron chi connectivity index (χ3n) is 2.88. The Balaban J connectivity index is 1.98. The van der Waals surface area contributed by atoms with E-state index < -0.39 is 0 Å². The number of benzene rings is 1. The SMILES string of the molecule is Cc1ccccc1CNC(=O)c1csc(C#CCN)c1. The highest BCUT2D eigenvalue weighted by molar-refractivity contribution is 7.10. The molecule has 0 aliphatic carbocycles. The van der Waals surface area contributed by atoms with Gasteiger partial charge >= 0.3 is 0 Å². The van der Waals surface area contributed by atoms with Gasteiger partial charge in [0.25, 0.3) is 5.91 Å². The predicted octanol–water partition coefficient (Wildman–Crippen LogP) is 2.30. The number of nitrogens with two attached hydrogens (primary N) is 1. The number of hydrogen-bond acceptors (Lipinski definition) is 3. The van der Waals surface area contributed by atoms with Gasteiger partial charge in [0.2, 0.25) is 0 Å². The van der Waals surface area contributed by atoms with E-state index in [1.165, 1.54) is 16.9 Å². The Morgan fingerprint density at radius 1 is 1.40 bits per heavy atom. The Hall–Kier alpha value is -2.09. The van der Waals surface area contributed by atoms with Crippen molar-refractivity contribution in [3.63, 3.8) is 0 Å². The fraction of sp³-hybridized carbons (Fsp3) is 0.188. The first-order valence-corrected chi connectivity index (χ1v) is 7.19. The lowest BCUT2D eigenvalue weighted by Crippen LogP contribution is -2.22. The molecule has 2 rings (SSSR count). The van der Waals surface area contributed by atoms with Gasteiger partial charge in [-0.15, -0.1) is 11.3 Å². The lowest BCUT2D eigenvalue weighted by molar-refractivity contribution is 0.0951. The molecular weight excluding hydrogens is 268 g/mol. The lowest BCUT2D eigenvalue weighted by atomic mass is 10.1. The van der Waals surface area contributed by atoms with Crippen LogP contribution in [0.2, 0.25) is 0 Å². The van der Waals surface area contributed by atoms with Crippen LogP contribution < -0.4 is 11.1 Å². The average Bonchev–Trinajstić information content (AvgIpc) is 2.93. The topological polar surface area (TPSA) is 55.1 Å². The van der Waals surface area contributed by atoms with Gasteiger partial charge in [-0.05, 0) is 24.1 Å². The van der Waals surface area contributed by atoms with Crippen LogP contribution in [0.25, 0.3) is 0 Å². The molecule has 102 valence electrons. The van der Waals surface area contributed by atoms with E-state index in [0.29, 0.717) is 18.7 Å². The van der Waals surface area contributed by atoms with Gasteiger partial charge in [-0.2, -0.15) is 0 Å². The number of carbonyl (C=O) groups is 1. The van der Waals surface area contributed by atoms with Crippen molar-refractivity contribution in [1.29, 1.82) is 0 Å². The Labute approximate surface area is 122 Å². The van der Waals surface area contributed by atoms with Crippen LogP contribution in [0.5, 0.6) is 0 Å². The summed E-state index contributed by atoms with van der Waals surface area (Å²) in [6.45, 7) is 2.89. The Kier molecular flexibility index (Phi) is 4.94. The molecule has 0 radical (unpaired) electrons. The maximum atomic E-state index is 12.0. The van der Waals surface area contributed by atoms with E-state index in [4.69, 9.17) is 5.73 Å². The number of rotatable bonds is 3. The molecular formula is C16H16N2OS. The fourth-order valence-electron chi connectivity index (χ4n) is 1.75. The zero-order chi connectivity index (χ0) is 14.4. The monoisotopic (exact) mass is 284 g/mol. The van der Waals surface area contributed by atoms with Gasteiger partial charge < -0.3 is 11.1 Å². The summed E-state index contributed by atoms with van der Waals surface area (Å²) in [5.74, 6) is 5.63. The van der Waals surface area contributed by atoms with Gasteiger partial charge in [0.15, 0.2) is 0 Å². The van der Waals surface area contributed by atoms with Crippen molar-refractivity contribution < 1.29 is 4.79 Å². The van der Waals surface area contributed by atoms with Crippen molar-refractivity contribution >= 4 is 17.2 Å². The van der Waals surface area contributed by atoms with Crippen LogP contribution in [0.4, 0.5) is 0 Å². The quantitative estimate of drug-likeness (QED) is 0.850. The summed E-state index contributed by atoms with van der Waals surface area (Å²) >= 11 is 1.45. The van der Waals surface area contributed by atoms with Crippen LogP contribution in [0.3, 0.4) is 0 Å². The van der Waals surface area contributed by atoms with Crippen molar-refractivity contribution in [2.24, 2.45) is 5.73 Å². The second-order valence-electron chi connectivity index (χ2n) is 4.31. The molecule has 0 bridgehead atoms. The second-order valence-corrected chi connectivity index (χ2v) is 5.23. The summed E-state index contributed by atoms with van der Waals surface area (Å²) in [7, 11) is 0. The highest BCUT2D eigenvalue weighted by Crippen LogP contribution is 2.14. The normalized spacial score (nSPS) is 9.70. The van der Waals surface area contributed by atoms with Crippen molar-refractivity contribution in [1.82, 2.24) is 5.32 Å². The molecule has 20 heavy (non-hydrogen) atoms. The molecule has 0 spiro atoms. The summed E-state index contributed by atoms with van der Waals surface area (Å²) in [5.41, 5.74) is 8.26. The number of thiophene rings is 1. The van der Waals surface area contributed by atoms with Gasteiger partial charge in [-0.3, -0.25) is 4.79 Å². The average molecular weight is 284 g/mol. The molecule has 4 heteroatoms. The zero-order valence-corrected chi connectivity index (χ0v) is 12.1. The lowest BCUT2D eigenvalue weighted by Gasteiger charge is -2.06. The minimum absolute atomic E-state index is 0.0784. The number of aryl methyl sites for hydroxylation is 1. The smallest absolute Gasteiger partial charge is 0.252 e. The van der Waals surface area contributed by atoms with E-state index in [1.807, 2.05) is 36.6 Å². The van der Waals surface area contributed by atoms with E-state index in [2.05, 4.69) is 17.2 Å².